The first-order valence-corrected chi connectivity index (χ1v) is 16.2. The Balaban J connectivity index is 1.60. The van der Waals surface area contributed by atoms with Gasteiger partial charge < -0.3 is 28.6 Å². The van der Waals surface area contributed by atoms with Crippen LogP contribution in [0.2, 0.25) is 0 Å². The van der Waals surface area contributed by atoms with E-state index in [-0.39, 0.29) is 24.7 Å². The number of allylic oxidation sites excluding steroid dienone is 1. The molecule has 2 aliphatic heterocycles. The maximum absolute atomic E-state index is 14.2. The summed E-state index contributed by atoms with van der Waals surface area (Å²) in [6, 6.07) is 9.70. The van der Waals surface area contributed by atoms with E-state index in [0.717, 1.165) is 32.4 Å². The highest BCUT2D eigenvalue weighted by Gasteiger charge is 2.36. The summed E-state index contributed by atoms with van der Waals surface area (Å²) in [5.74, 6) is 1.31. The molecular weight excluding hydrogens is 610 g/mol. The van der Waals surface area contributed by atoms with Crippen molar-refractivity contribution in [3.8, 4) is 23.0 Å². The molecule has 46 heavy (non-hydrogen) atoms. The van der Waals surface area contributed by atoms with Gasteiger partial charge >= 0.3 is 5.97 Å². The Labute approximate surface area is 271 Å². The summed E-state index contributed by atoms with van der Waals surface area (Å²) in [6.45, 7) is 5.34. The molecule has 0 bridgehead atoms. The first-order valence-electron chi connectivity index (χ1n) is 15.4. The average Bonchev–Trinajstić information content (AvgIpc) is 3.72. The van der Waals surface area contributed by atoms with Crippen LogP contribution in [0.15, 0.2) is 57.5 Å². The van der Waals surface area contributed by atoms with Gasteiger partial charge in [0.1, 0.15) is 17.5 Å². The van der Waals surface area contributed by atoms with Crippen LogP contribution in [0.25, 0.3) is 6.08 Å². The number of esters is 1. The molecule has 0 spiro atoms. The SMILES string of the molecule is CCCC1=C(C(=O)OCC)[C@H](c2cc(OC)ccc2OC)n2c(s/c(=C\c3ccc(OCC(=O)N4CCCC4)c(OC)c3)c2=O)=N1. The van der Waals surface area contributed by atoms with E-state index < -0.39 is 12.0 Å². The van der Waals surface area contributed by atoms with Crippen molar-refractivity contribution >= 4 is 29.3 Å². The minimum Gasteiger partial charge on any atom is -0.497 e. The molecule has 0 N–H and O–H groups in total. The summed E-state index contributed by atoms with van der Waals surface area (Å²) in [4.78, 5) is 47.3. The van der Waals surface area contributed by atoms with Gasteiger partial charge in [0.25, 0.3) is 11.5 Å². The number of rotatable bonds is 12. The lowest BCUT2D eigenvalue weighted by molar-refractivity contribution is -0.139. The number of ether oxygens (including phenoxy) is 5. The molecule has 0 unspecified atom stereocenters. The Hall–Kier alpha value is -4.58. The van der Waals surface area contributed by atoms with Crippen molar-refractivity contribution < 1.29 is 33.3 Å². The molecule has 1 saturated heterocycles. The van der Waals surface area contributed by atoms with E-state index in [9.17, 15) is 14.4 Å². The van der Waals surface area contributed by atoms with E-state index in [0.29, 0.717) is 61.1 Å². The van der Waals surface area contributed by atoms with Gasteiger partial charge in [0.05, 0.1) is 43.7 Å². The van der Waals surface area contributed by atoms with Crippen LogP contribution in [0, 0.1) is 0 Å². The molecule has 1 amide bonds. The summed E-state index contributed by atoms with van der Waals surface area (Å²) < 4.78 is 30.0. The number of thiazole rings is 1. The lowest BCUT2D eigenvalue weighted by Gasteiger charge is -2.27. The van der Waals surface area contributed by atoms with E-state index >= 15 is 0 Å². The number of nitrogens with zero attached hydrogens (tertiary/aromatic N) is 3. The topological polar surface area (TPSA) is 118 Å². The van der Waals surface area contributed by atoms with Crippen molar-refractivity contribution in [2.75, 3.05) is 47.6 Å². The highest BCUT2D eigenvalue weighted by Crippen LogP contribution is 2.39. The number of amides is 1. The van der Waals surface area contributed by atoms with Gasteiger partial charge in [0, 0.05) is 18.7 Å². The van der Waals surface area contributed by atoms with Gasteiger partial charge in [-0.15, -0.1) is 0 Å². The molecule has 3 heterocycles. The predicted octanol–water partition coefficient (Wildman–Crippen LogP) is 3.61. The second-order valence-electron chi connectivity index (χ2n) is 10.8. The first kappa shape index (κ1) is 32.8. The van der Waals surface area contributed by atoms with E-state index in [1.54, 1.807) is 68.5 Å². The molecule has 0 saturated carbocycles. The van der Waals surface area contributed by atoms with Gasteiger partial charge in [-0.05, 0) is 68.2 Å². The van der Waals surface area contributed by atoms with Gasteiger partial charge in [-0.2, -0.15) is 0 Å². The van der Waals surface area contributed by atoms with Crippen LogP contribution in [0.3, 0.4) is 0 Å². The normalized spacial score (nSPS) is 16.2. The van der Waals surface area contributed by atoms with Crippen molar-refractivity contribution in [2.45, 2.75) is 45.6 Å². The van der Waals surface area contributed by atoms with Crippen molar-refractivity contribution in [3.63, 3.8) is 0 Å². The Morgan fingerprint density at radius 1 is 0.978 bits per heavy atom. The summed E-state index contributed by atoms with van der Waals surface area (Å²) in [5, 5.41) is 0. The number of methoxy groups -OCH3 is 3. The second kappa shape index (κ2) is 14.7. The van der Waals surface area contributed by atoms with Gasteiger partial charge in [-0.3, -0.25) is 14.2 Å². The molecular formula is C34H39N3O8S. The number of carbonyl (C=O) groups excluding carboxylic acids is 2. The van der Waals surface area contributed by atoms with Gasteiger partial charge in [-0.1, -0.05) is 30.7 Å². The molecule has 1 aromatic heterocycles. The van der Waals surface area contributed by atoms with Crippen LogP contribution in [-0.4, -0.2) is 69.0 Å². The van der Waals surface area contributed by atoms with Crippen LogP contribution < -0.4 is 33.8 Å². The lowest BCUT2D eigenvalue weighted by atomic mass is 9.93. The first-order chi connectivity index (χ1) is 22.3. The van der Waals surface area contributed by atoms with E-state index in [1.807, 2.05) is 6.92 Å². The van der Waals surface area contributed by atoms with Crippen LogP contribution >= 0.6 is 11.3 Å². The number of carbonyl (C=O) groups is 2. The molecule has 1 atom stereocenters. The molecule has 3 aromatic rings. The number of likely N-dealkylation sites (tertiary alicyclic amines) is 1. The fourth-order valence-corrected chi connectivity index (χ4v) is 6.73. The molecule has 2 aromatic carbocycles. The molecule has 12 heteroatoms. The number of hydrogen-bond acceptors (Lipinski definition) is 10. The van der Waals surface area contributed by atoms with Crippen LogP contribution in [0.5, 0.6) is 23.0 Å². The predicted molar refractivity (Wildman–Crippen MR) is 173 cm³/mol. The lowest BCUT2D eigenvalue weighted by Crippen LogP contribution is -2.40. The van der Waals surface area contributed by atoms with Gasteiger partial charge in [0.2, 0.25) is 0 Å². The zero-order valence-electron chi connectivity index (χ0n) is 26.8. The monoisotopic (exact) mass is 649 g/mol. The van der Waals surface area contributed by atoms with Gasteiger partial charge in [0.15, 0.2) is 22.9 Å². The molecule has 11 nitrogen and oxygen atoms in total. The molecule has 5 rings (SSSR count). The van der Waals surface area contributed by atoms with E-state index in [2.05, 4.69) is 0 Å². The van der Waals surface area contributed by atoms with Crippen LogP contribution in [0.1, 0.15) is 56.7 Å². The standard InChI is InChI=1S/C34H39N3O8S/c1-6-10-24-30(33(40)44-7-2)31(23-19-22(41-3)12-14-25(23)42-4)37-32(39)28(46-34(37)35-24)18-21-11-13-26(27(17-21)43-5)45-20-29(38)36-15-8-9-16-36/h11-14,17-19,31H,6-10,15-16,20H2,1-5H3/b28-18-/t31-/m0/s1. The molecule has 0 aliphatic carbocycles. The number of benzene rings is 2. The Kier molecular flexibility index (Phi) is 10.5. The quantitative estimate of drug-likeness (QED) is 0.273. The van der Waals surface area contributed by atoms with Gasteiger partial charge in [-0.25, -0.2) is 9.79 Å². The van der Waals surface area contributed by atoms with Crippen molar-refractivity contribution in [3.05, 3.63) is 78.5 Å². The van der Waals surface area contributed by atoms with Crippen molar-refractivity contribution in [2.24, 2.45) is 4.99 Å². The largest absolute Gasteiger partial charge is 0.497 e. The highest BCUT2D eigenvalue weighted by atomic mass is 32.1. The van der Waals surface area contributed by atoms with Crippen LogP contribution in [0.4, 0.5) is 0 Å². The Morgan fingerprint density at radius 3 is 2.39 bits per heavy atom. The van der Waals surface area contributed by atoms with Crippen molar-refractivity contribution in [1.82, 2.24) is 9.47 Å². The highest BCUT2D eigenvalue weighted by molar-refractivity contribution is 7.07. The maximum Gasteiger partial charge on any atom is 0.338 e. The van der Waals surface area contributed by atoms with E-state index in [4.69, 9.17) is 28.7 Å². The average molecular weight is 650 g/mol. The molecule has 0 radical (unpaired) electrons. The molecule has 1 fully saturated rings. The number of hydrogen-bond donors (Lipinski definition) is 0. The number of fused-ring (bicyclic) bond motifs is 1. The van der Waals surface area contributed by atoms with Crippen molar-refractivity contribution in [1.29, 1.82) is 0 Å². The molecule has 2 aliphatic rings. The fraction of sp³-hybridized carbons (Fsp3) is 0.412. The summed E-state index contributed by atoms with van der Waals surface area (Å²) >= 11 is 1.23. The van der Waals surface area contributed by atoms with Crippen LogP contribution in [-0.2, 0) is 14.3 Å². The minimum atomic E-state index is -0.859. The third kappa shape index (κ3) is 6.67. The Bertz CT molecular complexity index is 1820. The zero-order valence-corrected chi connectivity index (χ0v) is 27.6. The fourth-order valence-electron chi connectivity index (χ4n) is 5.71. The minimum absolute atomic E-state index is 0.0587. The smallest absolute Gasteiger partial charge is 0.338 e. The number of aromatic nitrogens is 1. The molecule has 244 valence electrons. The zero-order chi connectivity index (χ0) is 32.8. The maximum atomic E-state index is 14.2. The summed E-state index contributed by atoms with van der Waals surface area (Å²) in [5.41, 5.74) is 1.80. The third-order valence-corrected chi connectivity index (χ3v) is 8.90. The third-order valence-electron chi connectivity index (χ3n) is 7.92. The summed E-state index contributed by atoms with van der Waals surface area (Å²) in [7, 11) is 4.62. The Morgan fingerprint density at radius 2 is 1.72 bits per heavy atom. The van der Waals surface area contributed by atoms with E-state index in [1.165, 1.54) is 23.0 Å². The summed E-state index contributed by atoms with van der Waals surface area (Å²) in [6.07, 6.45) is 5.01. The second-order valence-corrected chi connectivity index (χ2v) is 11.8.